The molecule has 9 heteroatoms. The monoisotopic (exact) mass is 357 g/mol. The van der Waals surface area contributed by atoms with Gasteiger partial charge < -0.3 is 4.18 Å². The van der Waals surface area contributed by atoms with Crippen molar-refractivity contribution >= 4 is 20.1 Å². The SMILES string of the molecule is CS(=O)(=O)c1ccc(-c2cc(F)cc3c2OS(=O)(=O)NC3)cc1. The minimum atomic E-state index is -3.94. The van der Waals surface area contributed by atoms with Crippen LogP contribution in [0.15, 0.2) is 41.3 Å². The van der Waals surface area contributed by atoms with E-state index in [1.165, 1.54) is 30.3 Å². The summed E-state index contributed by atoms with van der Waals surface area (Å²) in [5, 5.41) is 0. The fourth-order valence-corrected chi connectivity index (χ4v) is 3.72. The van der Waals surface area contributed by atoms with Gasteiger partial charge in [-0.3, -0.25) is 0 Å². The van der Waals surface area contributed by atoms with Gasteiger partial charge in [-0.25, -0.2) is 12.8 Å². The van der Waals surface area contributed by atoms with Crippen LogP contribution in [0.2, 0.25) is 0 Å². The Morgan fingerprint density at radius 1 is 1.17 bits per heavy atom. The van der Waals surface area contributed by atoms with Gasteiger partial charge in [0.2, 0.25) is 0 Å². The van der Waals surface area contributed by atoms with Crippen molar-refractivity contribution in [1.82, 2.24) is 4.72 Å². The van der Waals surface area contributed by atoms with E-state index in [1.807, 2.05) is 0 Å². The van der Waals surface area contributed by atoms with Gasteiger partial charge in [0.25, 0.3) is 0 Å². The quantitative estimate of drug-likeness (QED) is 0.882. The number of hydrogen-bond acceptors (Lipinski definition) is 5. The van der Waals surface area contributed by atoms with Gasteiger partial charge in [-0.05, 0) is 29.8 Å². The lowest BCUT2D eigenvalue weighted by Gasteiger charge is -2.21. The smallest absolute Gasteiger partial charge is 0.370 e. The highest BCUT2D eigenvalue weighted by atomic mass is 32.2. The molecule has 1 aliphatic heterocycles. The zero-order valence-electron chi connectivity index (χ0n) is 11.9. The van der Waals surface area contributed by atoms with Gasteiger partial charge in [0.1, 0.15) is 5.82 Å². The Kier molecular flexibility index (Phi) is 3.66. The summed E-state index contributed by atoms with van der Waals surface area (Å²) in [7, 11) is -7.30. The Bertz CT molecular complexity index is 983. The lowest BCUT2D eigenvalue weighted by Crippen LogP contribution is -2.32. The molecule has 0 bridgehead atoms. The van der Waals surface area contributed by atoms with Crippen LogP contribution in [0.1, 0.15) is 5.56 Å². The summed E-state index contributed by atoms with van der Waals surface area (Å²) >= 11 is 0. The first kappa shape index (κ1) is 15.9. The van der Waals surface area contributed by atoms with E-state index in [9.17, 15) is 21.2 Å². The standard InChI is InChI=1S/C14H12FNO5S2/c1-22(17,18)12-4-2-9(3-5-12)13-7-11(15)6-10-8-16-23(19,20)21-14(10)13/h2-7,16H,8H2,1H3. The summed E-state index contributed by atoms with van der Waals surface area (Å²) in [5.74, 6) is -0.507. The Balaban J connectivity index is 2.15. The first-order valence-corrected chi connectivity index (χ1v) is 9.78. The van der Waals surface area contributed by atoms with E-state index >= 15 is 0 Å². The van der Waals surface area contributed by atoms with E-state index in [0.717, 1.165) is 12.3 Å². The van der Waals surface area contributed by atoms with E-state index in [2.05, 4.69) is 4.72 Å². The van der Waals surface area contributed by atoms with Crippen molar-refractivity contribution < 1.29 is 25.4 Å². The molecule has 1 N–H and O–H groups in total. The molecule has 2 aromatic rings. The van der Waals surface area contributed by atoms with Crippen molar-refractivity contribution in [2.75, 3.05) is 6.26 Å². The predicted molar refractivity (Wildman–Crippen MR) is 81.3 cm³/mol. The van der Waals surface area contributed by atoms with Crippen LogP contribution in [0.4, 0.5) is 4.39 Å². The van der Waals surface area contributed by atoms with Crippen LogP contribution in [0.5, 0.6) is 5.75 Å². The summed E-state index contributed by atoms with van der Waals surface area (Å²) < 4.78 is 66.9. The van der Waals surface area contributed by atoms with E-state index in [0.29, 0.717) is 11.1 Å². The van der Waals surface area contributed by atoms with Crippen molar-refractivity contribution in [2.45, 2.75) is 11.4 Å². The third kappa shape index (κ3) is 3.21. The second-order valence-corrected chi connectivity index (χ2v) is 8.48. The summed E-state index contributed by atoms with van der Waals surface area (Å²) in [4.78, 5) is 0.113. The van der Waals surface area contributed by atoms with Crippen LogP contribution in [0.3, 0.4) is 0 Å². The molecule has 0 saturated carbocycles. The van der Waals surface area contributed by atoms with Crippen molar-refractivity contribution in [3.8, 4) is 16.9 Å². The number of nitrogens with one attached hydrogen (secondary N) is 1. The number of benzene rings is 2. The van der Waals surface area contributed by atoms with Crippen molar-refractivity contribution in [1.29, 1.82) is 0 Å². The first-order valence-electron chi connectivity index (χ1n) is 6.48. The molecule has 122 valence electrons. The van der Waals surface area contributed by atoms with E-state index < -0.39 is 26.0 Å². The molecule has 0 aromatic heterocycles. The average Bonchev–Trinajstić information content (AvgIpc) is 2.46. The molecule has 2 aromatic carbocycles. The van der Waals surface area contributed by atoms with Gasteiger partial charge >= 0.3 is 10.3 Å². The molecule has 0 atom stereocenters. The summed E-state index contributed by atoms with van der Waals surface area (Å²) in [6.45, 7) is -0.0795. The molecule has 0 spiro atoms. The van der Waals surface area contributed by atoms with E-state index in [1.54, 1.807) is 0 Å². The highest BCUT2D eigenvalue weighted by Crippen LogP contribution is 2.37. The van der Waals surface area contributed by atoms with Gasteiger partial charge in [-0.1, -0.05) is 12.1 Å². The largest absolute Gasteiger partial charge is 0.382 e. The van der Waals surface area contributed by atoms with Crippen LogP contribution >= 0.6 is 0 Å². The Labute approximate surface area is 133 Å². The summed E-state index contributed by atoms with van der Waals surface area (Å²) in [5.41, 5.74) is 1.05. The second-order valence-electron chi connectivity index (χ2n) is 5.10. The molecular formula is C14H12FNO5S2. The van der Waals surface area contributed by atoms with Gasteiger partial charge in [-0.15, -0.1) is 0 Å². The lowest BCUT2D eigenvalue weighted by atomic mass is 10.0. The number of sulfone groups is 1. The van der Waals surface area contributed by atoms with Gasteiger partial charge in [0, 0.05) is 23.9 Å². The fraction of sp³-hybridized carbons (Fsp3) is 0.143. The molecule has 0 amide bonds. The zero-order valence-corrected chi connectivity index (χ0v) is 13.5. The minimum Gasteiger partial charge on any atom is -0.370 e. The molecule has 0 fully saturated rings. The van der Waals surface area contributed by atoms with E-state index in [-0.39, 0.29) is 22.8 Å². The number of hydrogen-bond donors (Lipinski definition) is 1. The van der Waals surface area contributed by atoms with E-state index in [4.69, 9.17) is 4.18 Å². The molecule has 1 heterocycles. The molecule has 0 radical (unpaired) electrons. The number of halogens is 1. The maximum Gasteiger partial charge on any atom is 0.382 e. The maximum absolute atomic E-state index is 13.8. The third-order valence-corrected chi connectivity index (χ3v) is 5.37. The van der Waals surface area contributed by atoms with Crippen LogP contribution in [0, 0.1) is 5.82 Å². The van der Waals surface area contributed by atoms with Gasteiger partial charge in [0.15, 0.2) is 15.6 Å². The molecule has 6 nitrogen and oxygen atoms in total. The third-order valence-electron chi connectivity index (χ3n) is 3.36. The lowest BCUT2D eigenvalue weighted by molar-refractivity contribution is 0.452. The highest BCUT2D eigenvalue weighted by molar-refractivity contribution is 7.90. The van der Waals surface area contributed by atoms with Crippen LogP contribution in [0.25, 0.3) is 11.1 Å². The average molecular weight is 357 g/mol. The van der Waals surface area contributed by atoms with Crippen molar-refractivity contribution in [2.24, 2.45) is 0 Å². The Morgan fingerprint density at radius 3 is 2.43 bits per heavy atom. The predicted octanol–water partition coefficient (Wildman–Crippen LogP) is 1.62. The van der Waals surface area contributed by atoms with Crippen LogP contribution in [-0.4, -0.2) is 23.1 Å². The first-order chi connectivity index (χ1) is 10.7. The number of rotatable bonds is 2. The molecule has 23 heavy (non-hydrogen) atoms. The molecule has 3 rings (SSSR count). The number of fused-ring (bicyclic) bond motifs is 1. The van der Waals surface area contributed by atoms with Crippen LogP contribution < -0.4 is 8.91 Å². The molecular weight excluding hydrogens is 345 g/mol. The normalized spacial score (nSPS) is 16.4. The second kappa shape index (κ2) is 5.29. The summed E-state index contributed by atoms with van der Waals surface area (Å²) in [6, 6.07) is 8.03. The van der Waals surface area contributed by atoms with Gasteiger partial charge in [0.05, 0.1) is 4.90 Å². The zero-order chi connectivity index (χ0) is 16.8. The molecule has 0 aliphatic carbocycles. The van der Waals surface area contributed by atoms with Crippen molar-refractivity contribution in [3.05, 3.63) is 47.8 Å². The molecule has 0 unspecified atom stereocenters. The Hall–Kier alpha value is -1.97. The highest BCUT2D eigenvalue weighted by Gasteiger charge is 2.26. The van der Waals surface area contributed by atoms with Gasteiger partial charge in [-0.2, -0.15) is 13.1 Å². The van der Waals surface area contributed by atoms with Crippen molar-refractivity contribution in [3.63, 3.8) is 0 Å². The molecule has 1 aliphatic rings. The topological polar surface area (TPSA) is 89.5 Å². The fourth-order valence-electron chi connectivity index (χ4n) is 2.28. The minimum absolute atomic E-state index is 0.0391. The van der Waals surface area contributed by atoms with Crippen LogP contribution in [-0.2, 0) is 26.7 Å². The molecule has 0 saturated heterocycles. The summed E-state index contributed by atoms with van der Waals surface area (Å²) in [6.07, 6.45) is 1.08. The Morgan fingerprint density at radius 2 is 1.83 bits per heavy atom. The maximum atomic E-state index is 13.8.